The number of aliphatic imine (C=N–C) groups is 1. The molecule has 0 saturated heterocycles. The van der Waals surface area contributed by atoms with E-state index in [1.165, 1.54) is 0 Å². The molecule has 1 N–H and O–H groups in total. The van der Waals surface area contributed by atoms with Gasteiger partial charge >= 0.3 is 0 Å². The summed E-state index contributed by atoms with van der Waals surface area (Å²) in [5, 5.41) is 0. The van der Waals surface area contributed by atoms with E-state index in [1.54, 1.807) is 0 Å². The van der Waals surface area contributed by atoms with Gasteiger partial charge in [0.15, 0.2) is 0 Å². The Balaban J connectivity index is 2.27. The van der Waals surface area contributed by atoms with Crippen LogP contribution in [0.3, 0.4) is 0 Å². The predicted octanol–water partition coefficient (Wildman–Crippen LogP) is 1.40. The van der Waals surface area contributed by atoms with E-state index in [9.17, 15) is 8.42 Å². The van der Waals surface area contributed by atoms with E-state index in [2.05, 4.69) is 4.99 Å². The summed E-state index contributed by atoms with van der Waals surface area (Å²) in [7, 11) is -3.80. The minimum Gasteiger partial charge on any atom is -0.286 e. The van der Waals surface area contributed by atoms with Crippen LogP contribution in [0.1, 0.15) is 25.7 Å². The van der Waals surface area contributed by atoms with E-state index in [-0.39, 0.29) is 5.75 Å². The fourth-order valence-electron chi connectivity index (χ4n) is 1.16. The topological polar surface area (TPSA) is 66.7 Å². The van der Waals surface area contributed by atoms with Gasteiger partial charge in [-0.05, 0) is 25.7 Å². The van der Waals surface area contributed by atoms with Crippen LogP contribution in [0.25, 0.3) is 0 Å². The second kappa shape index (κ2) is 4.53. The Bertz CT molecular complexity index is 316. The van der Waals surface area contributed by atoms with Gasteiger partial charge in [0.2, 0.25) is 0 Å². The molecule has 13 heavy (non-hydrogen) atoms. The number of rotatable bonds is 4. The third-order valence-corrected chi connectivity index (χ3v) is 2.57. The average Bonchev–Trinajstić information content (AvgIpc) is 2.04. The van der Waals surface area contributed by atoms with Crippen LogP contribution in [0.15, 0.2) is 16.8 Å². The minimum atomic E-state index is -3.80. The highest BCUT2D eigenvalue weighted by Crippen LogP contribution is 2.12. The zero-order chi connectivity index (χ0) is 9.73. The Morgan fingerprint density at radius 2 is 2.23 bits per heavy atom. The first-order chi connectivity index (χ1) is 6.08. The van der Waals surface area contributed by atoms with Crippen LogP contribution >= 0.6 is 0 Å². The lowest BCUT2D eigenvalue weighted by molar-refractivity contribution is 0.481. The number of hydrogen-bond donors (Lipinski definition) is 1. The standard InChI is InChI=1S/C8H13NO3S/c10-13(11,12)7-3-5-8-4-1-2-6-9-8/h4,6H,1-3,5,7H2,(H,10,11,12). The molecule has 0 saturated carbocycles. The monoisotopic (exact) mass is 203 g/mol. The highest BCUT2D eigenvalue weighted by atomic mass is 32.2. The van der Waals surface area contributed by atoms with Crippen molar-refractivity contribution >= 4 is 16.3 Å². The first-order valence-electron chi connectivity index (χ1n) is 4.25. The number of allylic oxidation sites excluding steroid dienone is 2. The van der Waals surface area contributed by atoms with E-state index in [4.69, 9.17) is 4.55 Å². The molecule has 0 aromatic heterocycles. The van der Waals surface area contributed by atoms with Crippen molar-refractivity contribution in [2.24, 2.45) is 4.99 Å². The molecule has 0 amide bonds. The largest absolute Gasteiger partial charge is 0.286 e. The quantitative estimate of drug-likeness (QED) is 0.702. The van der Waals surface area contributed by atoms with Gasteiger partial charge in [-0.2, -0.15) is 8.42 Å². The zero-order valence-electron chi connectivity index (χ0n) is 7.31. The SMILES string of the molecule is O=S(=O)(O)CCCC1=CCCC=N1. The van der Waals surface area contributed by atoms with Crippen molar-refractivity contribution in [2.45, 2.75) is 25.7 Å². The molecular weight excluding hydrogens is 190 g/mol. The lowest BCUT2D eigenvalue weighted by Crippen LogP contribution is -2.04. The molecule has 4 nitrogen and oxygen atoms in total. The molecular formula is C8H13NO3S. The van der Waals surface area contributed by atoms with Crippen LogP contribution < -0.4 is 0 Å². The highest BCUT2D eigenvalue weighted by Gasteiger charge is 2.05. The van der Waals surface area contributed by atoms with Crippen molar-refractivity contribution in [1.82, 2.24) is 0 Å². The third kappa shape index (κ3) is 4.80. The molecule has 0 spiro atoms. The lowest BCUT2D eigenvalue weighted by atomic mass is 10.2. The Morgan fingerprint density at radius 3 is 2.77 bits per heavy atom. The summed E-state index contributed by atoms with van der Waals surface area (Å²) < 4.78 is 29.2. The molecule has 1 rings (SSSR count). The van der Waals surface area contributed by atoms with Gasteiger partial charge in [-0.1, -0.05) is 6.08 Å². The summed E-state index contributed by atoms with van der Waals surface area (Å²) in [6.07, 6.45) is 6.83. The van der Waals surface area contributed by atoms with Crippen LogP contribution in [0, 0.1) is 0 Å². The minimum absolute atomic E-state index is 0.181. The average molecular weight is 203 g/mol. The van der Waals surface area contributed by atoms with Gasteiger partial charge in [0.05, 0.1) is 5.75 Å². The summed E-state index contributed by atoms with van der Waals surface area (Å²) in [5.74, 6) is -0.181. The summed E-state index contributed by atoms with van der Waals surface area (Å²) in [6, 6.07) is 0. The molecule has 0 aromatic carbocycles. The molecule has 1 aliphatic heterocycles. The summed E-state index contributed by atoms with van der Waals surface area (Å²) in [5.41, 5.74) is 0.926. The van der Waals surface area contributed by atoms with Gasteiger partial charge in [-0.3, -0.25) is 9.55 Å². The van der Waals surface area contributed by atoms with Gasteiger partial charge in [-0.15, -0.1) is 0 Å². The maximum Gasteiger partial charge on any atom is 0.264 e. The van der Waals surface area contributed by atoms with Crippen molar-refractivity contribution in [2.75, 3.05) is 5.75 Å². The second-order valence-electron chi connectivity index (χ2n) is 2.97. The predicted molar refractivity (Wildman–Crippen MR) is 51.5 cm³/mol. The Hall–Kier alpha value is -0.680. The second-order valence-corrected chi connectivity index (χ2v) is 4.55. The third-order valence-electron chi connectivity index (χ3n) is 1.77. The van der Waals surface area contributed by atoms with Gasteiger partial charge < -0.3 is 0 Å². The first-order valence-corrected chi connectivity index (χ1v) is 5.85. The van der Waals surface area contributed by atoms with Crippen LogP contribution in [0.5, 0.6) is 0 Å². The van der Waals surface area contributed by atoms with Crippen LogP contribution in [0.2, 0.25) is 0 Å². The molecule has 0 fully saturated rings. The van der Waals surface area contributed by atoms with Crippen molar-refractivity contribution in [3.63, 3.8) is 0 Å². The Labute approximate surface area is 78.1 Å². The first kappa shape index (κ1) is 10.4. The molecule has 0 aromatic rings. The summed E-state index contributed by atoms with van der Waals surface area (Å²) in [4.78, 5) is 4.11. The molecule has 0 radical (unpaired) electrons. The zero-order valence-corrected chi connectivity index (χ0v) is 8.13. The number of hydrogen-bond acceptors (Lipinski definition) is 3. The van der Waals surface area contributed by atoms with Crippen molar-refractivity contribution in [3.8, 4) is 0 Å². The van der Waals surface area contributed by atoms with E-state index >= 15 is 0 Å². The molecule has 1 heterocycles. The molecule has 0 bridgehead atoms. The molecule has 0 aliphatic carbocycles. The summed E-state index contributed by atoms with van der Waals surface area (Å²) >= 11 is 0. The normalized spacial score (nSPS) is 17.2. The number of nitrogens with zero attached hydrogens (tertiary/aromatic N) is 1. The maximum atomic E-state index is 10.4. The lowest BCUT2D eigenvalue weighted by Gasteiger charge is -2.04. The van der Waals surface area contributed by atoms with Crippen molar-refractivity contribution in [3.05, 3.63) is 11.8 Å². The molecule has 0 atom stereocenters. The van der Waals surface area contributed by atoms with E-state index in [0.717, 1.165) is 18.5 Å². The van der Waals surface area contributed by atoms with E-state index < -0.39 is 10.1 Å². The van der Waals surface area contributed by atoms with Gasteiger partial charge in [0.1, 0.15) is 0 Å². The van der Waals surface area contributed by atoms with Crippen LogP contribution in [0.4, 0.5) is 0 Å². The van der Waals surface area contributed by atoms with Crippen molar-refractivity contribution in [1.29, 1.82) is 0 Å². The van der Waals surface area contributed by atoms with Crippen molar-refractivity contribution < 1.29 is 13.0 Å². The van der Waals surface area contributed by atoms with Gasteiger partial charge in [0, 0.05) is 11.9 Å². The van der Waals surface area contributed by atoms with Crippen LogP contribution in [-0.4, -0.2) is 24.9 Å². The Morgan fingerprint density at radius 1 is 1.46 bits per heavy atom. The molecule has 74 valence electrons. The fourth-order valence-corrected chi connectivity index (χ4v) is 1.67. The van der Waals surface area contributed by atoms with E-state index in [1.807, 2.05) is 12.3 Å². The van der Waals surface area contributed by atoms with Gasteiger partial charge in [0.25, 0.3) is 10.1 Å². The van der Waals surface area contributed by atoms with E-state index in [0.29, 0.717) is 12.8 Å². The molecule has 5 heteroatoms. The van der Waals surface area contributed by atoms with Gasteiger partial charge in [-0.25, -0.2) is 0 Å². The smallest absolute Gasteiger partial charge is 0.264 e. The molecule has 0 unspecified atom stereocenters. The highest BCUT2D eigenvalue weighted by molar-refractivity contribution is 7.85. The van der Waals surface area contributed by atoms with Crippen LogP contribution in [-0.2, 0) is 10.1 Å². The summed E-state index contributed by atoms with van der Waals surface area (Å²) in [6.45, 7) is 0. The maximum absolute atomic E-state index is 10.4. The fraction of sp³-hybridized carbons (Fsp3) is 0.625. The molecule has 1 aliphatic rings. The Kier molecular flexibility index (Phi) is 3.62.